The van der Waals surface area contributed by atoms with Crippen molar-refractivity contribution in [2.75, 3.05) is 12.3 Å². The first-order chi connectivity index (χ1) is 8.72. The van der Waals surface area contributed by atoms with E-state index < -0.39 is 0 Å². The van der Waals surface area contributed by atoms with Gasteiger partial charge in [-0.15, -0.1) is 0 Å². The third-order valence-electron chi connectivity index (χ3n) is 2.51. The molecule has 0 aliphatic rings. The number of hydrogen-bond acceptors (Lipinski definition) is 6. The van der Waals surface area contributed by atoms with E-state index in [9.17, 15) is 4.79 Å². The van der Waals surface area contributed by atoms with Crippen LogP contribution in [-0.2, 0) is 16.1 Å². The molecule has 0 saturated heterocycles. The molecule has 0 atom stereocenters. The Morgan fingerprint density at radius 3 is 3.06 bits per heavy atom. The fourth-order valence-corrected chi connectivity index (χ4v) is 1.69. The zero-order chi connectivity index (χ0) is 13.0. The normalized spacial score (nSPS) is 10.7. The number of imidazole rings is 1. The van der Waals surface area contributed by atoms with Crippen LogP contribution < -0.4 is 5.73 Å². The summed E-state index contributed by atoms with van der Waals surface area (Å²) in [6.07, 6.45) is 4.12. The highest BCUT2D eigenvalue weighted by Crippen LogP contribution is 2.14. The number of carbonyl (C=O) groups excluding carboxylic acids is 1. The topological polar surface area (TPSA) is 95.9 Å². The monoisotopic (exact) mass is 249 g/mol. The number of nitrogens with two attached hydrogens (primary N) is 1. The third kappa shape index (κ3) is 2.55. The maximum atomic E-state index is 11.2. The highest BCUT2D eigenvalue weighted by molar-refractivity contribution is 5.81. The average molecular weight is 249 g/mol. The Morgan fingerprint density at radius 2 is 2.28 bits per heavy atom. The minimum Gasteiger partial charge on any atom is -0.466 e. The van der Waals surface area contributed by atoms with Gasteiger partial charge in [0.2, 0.25) is 0 Å². The molecule has 2 heterocycles. The number of carbonyl (C=O) groups is 1. The van der Waals surface area contributed by atoms with Crippen LogP contribution in [0.4, 0.5) is 5.82 Å². The number of aryl methyl sites for hydroxylation is 1. The van der Waals surface area contributed by atoms with Crippen LogP contribution in [0, 0.1) is 0 Å². The van der Waals surface area contributed by atoms with Crippen molar-refractivity contribution in [1.29, 1.82) is 0 Å². The van der Waals surface area contributed by atoms with Crippen LogP contribution in [0.3, 0.4) is 0 Å². The Labute approximate surface area is 104 Å². The van der Waals surface area contributed by atoms with Gasteiger partial charge in [0.05, 0.1) is 12.9 Å². The van der Waals surface area contributed by atoms with Crippen LogP contribution in [0.5, 0.6) is 0 Å². The summed E-state index contributed by atoms with van der Waals surface area (Å²) in [5, 5.41) is 0. The van der Waals surface area contributed by atoms with Crippen LogP contribution in [-0.4, -0.2) is 32.1 Å². The predicted octanol–water partition coefficient (Wildman–Crippen LogP) is 0.752. The Hall–Kier alpha value is -2.18. The second kappa shape index (κ2) is 5.44. The maximum absolute atomic E-state index is 11.2. The van der Waals surface area contributed by atoms with E-state index in [4.69, 9.17) is 10.5 Å². The number of esters is 1. The Bertz CT molecular complexity index is 551. The van der Waals surface area contributed by atoms with Gasteiger partial charge in [-0.2, -0.15) is 0 Å². The minimum atomic E-state index is -0.184. The number of ether oxygens (including phenoxy) is 1. The van der Waals surface area contributed by atoms with Crippen molar-refractivity contribution in [2.24, 2.45) is 0 Å². The quantitative estimate of drug-likeness (QED) is 0.785. The molecule has 7 heteroatoms. The lowest BCUT2D eigenvalue weighted by atomic mass is 10.3. The Morgan fingerprint density at radius 1 is 1.44 bits per heavy atom. The first-order valence-corrected chi connectivity index (χ1v) is 5.79. The van der Waals surface area contributed by atoms with Crippen molar-refractivity contribution in [3.8, 4) is 0 Å². The number of nitrogen functional groups attached to an aromatic ring is 1. The van der Waals surface area contributed by atoms with Crippen molar-refractivity contribution < 1.29 is 9.53 Å². The summed E-state index contributed by atoms with van der Waals surface area (Å²) in [6.45, 7) is 2.85. The molecule has 2 aromatic heterocycles. The lowest BCUT2D eigenvalue weighted by molar-refractivity contribution is -0.143. The third-order valence-corrected chi connectivity index (χ3v) is 2.51. The highest BCUT2D eigenvalue weighted by Gasteiger charge is 2.08. The lowest BCUT2D eigenvalue weighted by Gasteiger charge is -2.03. The van der Waals surface area contributed by atoms with E-state index in [1.807, 2.05) is 4.57 Å². The van der Waals surface area contributed by atoms with E-state index in [1.165, 1.54) is 6.33 Å². The van der Waals surface area contributed by atoms with Gasteiger partial charge >= 0.3 is 5.97 Å². The molecule has 0 aliphatic heterocycles. The molecule has 7 nitrogen and oxygen atoms in total. The number of rotatable bonds is 5. The van der Waals surface area contributed by atoms with Gasteiger partial charge in [0.25, 0.3) is 0 Å². The van der Waals surface area contributed by atoms with Crippen LogP contribution in [0.25, 0.3) is 11.2 Å². The molecule has 96 valence electrons. The summed E-state index contributed by atoms with van der Waals surface area (Å²) in [7, 11) is 0. The van der Waals surface area contributed by atoms with Gasteiger partial charge in [-0.3, -0.25) is 4.79 Å². The second-order valence-electron chi connectivity index (χ2n) is 3.78. The van der Waals surface area contributed by atoms with Crippen molar-refractivity contribution in [3.05, 3.63) is 12.7 Å². The van der Waals surface area contributed by atoms with Crippen molar-refractivity contribution in [2.45, 2.75) is 26.3 Å². The summed E-state index contributed by atoms with van der Waals surface area (Å²) >= 11 is 0. The summed E-state index contributed by atoms with van der Waals surface area (Å²) in [6, 6.07) is 0. The van der Waals surface area contributed by atoms with Gasteiger partial charge in [-0.1, -0.05) is 0 Å². The molecule has 2 aromatic rings. The molecule has 0 aliphatic carbocycles. The smallest absolute Gasteiger partial charge is 0.305 e. The molecular weight excluding hydrogens is 234 g/mol. The first-order valence-electron chi connectivity index (χ1n) is 5.79. The van der Waals surface area contributed by atoms with Gasteiger partial charge in [0.15, 0.2) is 11.5 Å². The molecule has 0 amide bonds. The molecule has 2 rings (SSSR count). The van der Waals surface area contributed by atoms with Gasteiger partial charge in [-0.25, -0.2) is 15.0 Å². The second-order valence-corrected chi connectivity index (χ2v) is 3.78. The van der Waals surface area contributed by atoms with Gasteiger partial charge < -0.3 is 15.0 Å². The van der Waals surface area contributed by atoms with Crippen molar-refractivity contribution in [1.82, 2.24) is 19.5 Å². The van der Waals surface area contributed by atoms with E-state index in [0.29, 0.717) is 43.0 Å². The number of aromatic nitrogens is 4. The molecule has 0 saturated carbocycles. The SMILES string of the molecule is CCOC(=O)CCCn1cnc2c(N)ncnc21. The number of hydrogen-bond donors (Lipinski definition) is 1. The van der Waals surface area contributed by atoms with E-state index in [0.717, 1.165) is 0 Å². The number of anilines is 1. The van der Waals surface area contributed by atoms with Gasteiger partial charge in [0, 0.05) is 13.0 Å². The number of fused-ring (bicyclic) bond motifs is 1. The Kier molecular flexibility index (Phi) is 3.71. The minimum absolute atomic E-state index is 0.184. The van der Waals surface area contributed by atoms with E-state index >= 15 is 0 Å². The maximum Gasteiger partial charge on any atom is 0.305 e. The first kappa shape index (κ1) is 12.3. The number of nitrogens with zero attached hydrogens (tertiary/aromatic N) is 4. The largest absolute Gasteiger partial charge is 0.466 e. The summed E-state index contributed by atoms with van der Waals surface area (Å²) in [5.74, 6) is 0.181. The van der Waals surface area contributed by atoms with Gasteiger partial charge in [-0.05, 0) is 13.3 Å². The van der Waals surface area contributed by atoms with Crippen molar-refractivity contribution >= 4 is 23.0 Å². The van der Waals surface area contributed by atoms with Crippen LogP contribution >= 0.6 is 0 Å². The van der Waals surface area contributed by atoms with Crippen molar-refractivity contribution in [3.63, 3.8) is 0 Å². The molecule has 18 heavy (non-hydrogen) atoms. The van der Waals surface area contributed by atoms with E-state index in [2.05, 4.69) is 15.0 Å². The average Bonchev–Trinajstić information content (AvgIpc) is 2.75. The fourth-order valence-electron chi connectivity index (χ4n) is 1.69. The molecular formula is C11H15N5O2. The summed E-state index contributed by atoms with van der Waals surface area (Å²) in [4.78, 5) is 23.3. The molecule has 0 spiro atoms. The van der Waals surface area contributed by atoms with Gasteiger partial charge in [0.1, 0.15) is 11.8 Å². The Balaban J connectivity index is 2.00. The summed E-state index contributed by atoms with van der Waals surface area (Å²) in [5.41, 5.74) is 6.96. The predicted molar refractivity (Wildman–Crippen MR) is 65.6 cm³/mol. The zero-order valence-electron chi connectivity index (χ0n) is 10.2. The van der Waals surface area contributed by atoms with E-state index in [1.54, 1.807) is 13.3 Å². The molecule has 2 N–H and O–H groups in total. The van der Waals surface area contributed by atoms with E-state index in [-0.39, 0.29) is 5.97 Å². The zero-order valence-corrected chi connectivity index (χ0v) is 10.2. The fraction of sp³-hybridized carbons (Fsp3) is 0.455. The lowest BCUT2D eigenvalue weighted by Crippen LogP contribution is -2.06. The molecule has 0 bridgehead atoms. The highest BCUT2D eigenvalue weighted by atomic mass is 16.5. The molecule has 0 unspecified atom stereocenters. The molecule has 0 radical (unpaired) electrons. The van der Waals surface area contributed by atoms with Crippen LogP contribution in [0.15, 0.2) is 12.7 Å². The molecule has 0 aromatic carbocycles. The van der Waals surface area contributed by atoms with Crippen LogP contribution in [0.2, 0.25) is 0 Å². The standard InChI is InChI=1S/C11H15N5O2/c1-2-18-8(17)4-3-5-16-7-15-9-10(12)13-6-14-11(9)16/h6-7H,2-5H2,1H3,(H2,12,13,14). The summed E-state index contributed by atoms with van der Waals surface area (Å²) < 4.78 is 6.71. The molecule has 0 fully saturated rings. The van der Waals surface area contributed by atoms with Crippen LogP contribution in [0.1, 0.15) is 19.8 Å².